The highest BCUT2D eigenvalue weighted by molar-refractivity contribution is 6.22. The number of imide groups is 2. The van der Waals surface area contributed by atoms with Crippen LogP contribution in [0.1, 0.15) is 47.9 Å². The first kappa shape index (κ1) is 20.9. The predicted octanol–water partition coefficient (Wildman–Crippen LogP) is 2.00. The highest BCUT2D eigenvalue weighted by atomic mass is 16.5. The van der Waals surface area contributed by atoms with E-state index in [0.717, 1.165) is 0 Å². The Labute approximate surface area is 179 Å². The lowest BCUT2D eigenvalue weighted by Crippen LogP contribution is -2.33. The molecule has 2 aromatic rings. The average Bonchev–Trinajstić information content (AvgIpc) is 3.18. The molecular formula is C23H22N2O6. The van der Waals surface area contributed by atoms with Crippen molar-refractivity contribution in [1.82, 2.24) is 9.80 Å². The highest BCUT2D eigenvalue weighted by Crippen LogP contribution is 2.22. The van der Waals surface area contributed by atoms with Gasteiger partial charge in [0.2, 0.25) is 0 Å². The van der Waals surface area contributed by atoms with Gasteiger partial charge in [0.15, 0.2) is 0 Å². The summed E-state index contributed by atoms with van der Waals surface area (Å²) >= 11 is 0. The van der Waals surface area contributed by atoms with Crippen LogP contribution in [-0.2, 0) is 9.47 Å². The van der Waals surface area contributed by atoms with Gasteiger partial charge in [-0.15, -0.1) is 0 Å². The van der Waals surface area contributed by atoms with Crippen molar-refractivity contribution in [1.29, 1.82) is 0 Å². The Balaban J connectivity index is 1.09. The fourth-order valence-corrected chi connectivity index (χ4v) is 3.66. The molecular weight excluding hydrogens is 400 g/mol. The fourth-order valence-electron chi connectivity index (χ4n) is 3.66. The molecule has 0 saturated heterocycles. The maximum Gasteiger partial charge on any atom is 0.261 e. The van der Waals surface area contributed by atoms with Gasteiger partial charge in [-0.25, -0.2) is 0 Å². The summed E-state index contributed by atoms with van der Waals surface area (Å²) in [5.41, 5.74) is 1.72. The van der Waals surface area contributed by atoms with Crippen molar-refractivity contribution in [3.8, 4) is 0 Å². The Bertz CT molecular complexity index is 883. The predicted molar refractivity (Wildman–Crippen MR) is 110 cm³/mol. The minimum Gasteiger partial charge on any atom is -0.380 e. The van der Waals surface area contributed by atoms with E-state index in [1.54, 1.807) is 48.5 Å². The number of carbonyl (C=O) groups excluding carboxylic acids is 4. The van der Waals surface area contributed by atoms with Crippen LogP contribution >= 0.6 is 0 Å². The van der Waals surface area contributed by atoms with Gasteiger partial charge in [0.05, 0.1) is 48.6 Å². The van der Waals surface area contributed by atoms with E-state index in [-0.39, 0.29) is 49.9 Å². The van der Waals surface area contributed by atoms with Gasteiger partial charge in [0.1, 0.15) is 0 Å². The third-order valence-corrected chi connectivity index (χ3v) is 5.25. The largest absolute Gasteiger partial charge is 0.380 e. The monoisotopic (exact) mass is 422 g/mol. The first-order valence-electron chi connectivity index (χ1n) is 10.2. The summed E-state index contributed by atoms with van der Waals surface area (Å²) in [5, 5.41) is 0. The van der Waals surface area contributed by atoms with Gasteiger partial charge >= 0.3 is 0 Å². The molecule has 0 atom stereocenters. The zero-order chi connectivity index (χ0) is 21.8. The molecule has 0 unspecified atom stereocenters. The minimum atomic E-state index is -0.291. The van der Waals surface area contributed by atoms with Crippen molar-refractivity contribution < 1.29 is 28.7 Å². The molecule has 0 saturated carbocycles. The van der Waals surface area contributed by atoms with Crippen molar-refractivity contribution in [2.75, 3.05) is 39.5 Å². The van der Waals surface area contributed by atoms with E-state index < -0.39 is 0 Å². The van der Waals surface area contributed by atoms with Crippen LogP contribution in [0, 0.1) is 0 Å². The van der Waals surface area contributed by atoms with Crippen LogP contribution in [0.15, 0.2) is 48.5 Å². The molecule has 160 valence electrons. The smallest absolute Gasteiger partial charge is 0.261 e. The lowest BCUT2D eigenvalue weighted by atomic mass is 10.1. The Morgan fingerprint density at radius 3 is 1.16 bits per heavy atom. The molecule has 0 aromatic heterocycles. The first-order valence-corrected chi connectivity index (χ1v) is 10.2. The van der Waals surface area contributed by atoms with Crippen LogP contribution in [-0.4, -0.2) is 72.9 Å². The SMILES string of the molecule is O=C1c2ccccc2C(=O)N1CCOCCCOCCN1C(=O)c2ccccc2C1=O. The van der Waals surface area contributed by atoms with Gasteiger partial charge in [-0.2, -0.15) is 0 Å². The molecule has 0 radical (unpaired) electrons. The molecule has 0 aliphatic carbocycles. The van der Waals surface area contributed by atoms with E-state index in [1.165, 1.54) is 9.80 Å². The molecule has 2 aromatic carbocycles. The molecule has 0 spiro atoms. The van der Waals surface area contributed by atoms with Crippen LogP contribution in [0.4, 0.5) is 0 Å². The number of fused-ring (bicyclic) bond motifs is 2. The molecule has 0 fully saturated rings. The molecule has 2 heterocycles. The molecule has 4 rings (SSSR count). The molecule has 0 bridgehead atoms. The number of amides is 4. The van der Waals surface area contributed by atoms with E-state index in [9.17, 15) is 19.2 Å². The molecule has 31 heavy (non-hydrogen) atoms. The number of nitrogens with zero attached hydrogens (tertiary/aromatic N) is 2. The van der Waals surface area contributed by atoms with Gasteiger partial charge in [0, 0.05) is 13.2 Å². The average molecular weight is 422 g/mol. The summed E-state index contributed by atoms with van der Waals surface area (Å²) < 4.78 is 11.0. The van der Waals surface area contributed by atoms with Crippen molar-refractivity contribution in [3.63, 3.8) is 0 Å². The first-order chi connectivity index (χ1) is 15.1. The van der Waals surface area contributed by atoms with E-state index in [1.807, 2.05) is 0 Å². The number of carbonyl (C=O) groups is 4. The van der Waals surface area contributed by atoms with Gasteiger partial charge < -0.3 is 9.47 Å². The maximum absolute atomic E-state index is 12.3. The van der Waals surface area contributed by atoms with E-state index in [4.69, 9.17) is 9.47 Å². The van der Waals surface area contributed by atoms with Crippen LogP contribution in [0.25, 0.3) is 0 Å². The summed E-state index contributed by atoms with van der Waals surface area (Å²) in [6, 6.07) is 13.5. The quantitative estimate of drug-likeness (QED) is 0.430. The number of hydrogen-bond acceptors (Lipinski definition) is 6. The van der Waals surface area contributed by atoms with Crippen LogP contribution in [0.3, 0.4) is 0 Å². The minimum absolute atomic E-state index is 0.201. The Hall–Kier alpha value is -3.36. The van der Waals surface area contributed by atoms with Crippen LogP contribution < -0.4 is 0 Å². The maximum atomic E-state index is 12.3. The normalized spacial score (nSPS) is 15.1. The lowest BCUT2D eigenvalue weighted by Gasteiger charge is -2.14. The summed E-state index contributed by atoms with van der Waals surface area (Å²) in [4.78, 5) is 51.4. The second kappa shape index (κ2) is 9.20. The van der Waals surface area contributed by atoms with Crippen molar-refractivity contribution in [2.45, 2.75) is 6.42 Å². The zero-order valence-electron chi connectivity index (χ0n) is 16.9. The topological polar surface area (TPSA) is 93.2 Å². The highest BCUT2D eigenvalue weighted by Gasteiger charge is 2.35. The molecule has 0 N–H and O–H groups in total. The standard InChI is InChI=1S/C23H22N2O6/c26-20-16-6-1-2-7-17(16)21(27)24(20)10-14-30-12-5-13-31-15-11-25-22(28)18-8-3-4-9-19(18)23(25)29/h1-4,6-9H,5,10-15H2. The van der Waals surface area contributed by atoms with Gasteiger partial charge in [0.25, 0.3) is 23.6 Å². The van der Waals surface area contributed by atoms with Crippen molar-refractivity contribution >= 4 is 23.6 Å². The Kier molecular flexibility index (Phi) is 6.20. The van der Waals surface area contributed by atoms with Crippen molar-refractivity contribution in [3.05, 3.63) is 70.8 Å². The summed E-state index contributed by atoms with van der Waals surface area (Å²) in [5.74, 6) is -1.16. The van der Waals surface area contributed by atoms with Crippen LogP contribution in [0.2, 0.25) is 0 Å². The van der Waals surface area contributed by atoms with E-state index >= 15 is 0 Å². The molecule has 8 heteroatoms. The van der Waals surface area contributed by atoms with Gasteiger partial charge in [-0.05, 0) is 30.7 Å². The Morgan fingerprint density at radius 1 is 0.516 bits per heavy atom. The molecule has 8 nitrogen and oxygen atoms in total. The van der Waals surface area contributed by atoms with Crippen molar-refractivity contribution in [2.24, 2.45) is 0 Å². The number of rotatable bonds is 10. The summed E-state index contributed by atoms with van der Waals surface area (Å²) in [6.07, 6.45) is 0.615. The van der Waals surface area contributed by atoms with E-state index in [2.05, 4.69) is 0 Å². The summed E-state index contributed by atoms with van der Waals surface area (Å²) in [7, 11) is 0. The molecule has 2 aliphatic rings. The molecule has 2 aliphatic heterocycles. The second-order valence-electron chi connectivity index (χ2n) is 7.19. The fraction of sp³-hybridized carbons (Fsp3) is 0.304. The Morgan fingerprint density at radius 2 is 0.839 bits per heavy atom. The third-order valence-electron chi connectivity index (χ3n) is 5.25. The number of ether oxygens (including phenoxy) is 2. The third kappa shape index (κ3) is 4.12. The van der Waals surface area contributed by atoms with Gasteiger partial charge in [-0.3, -0.25) is 29.0 Å². The van der Waals surface area contributed by atoms with Gasteiger partial charge in [-0.1, -0.05) is 24.3 Å². The molecule has 4 amide bonds. The number of benzene rings is 2. The van der Waals surface area contributed by atoms with E-state index in [0.29, 0.717) is 41.9 Å². The zero-order valence-corrected chi connectivity index (χ0v) is 16.9. The second-order valence-corrected chi connectivity index (χ2v) is 7.19. The van der Waals surface area contributed by atoms with Crippen LogP contribution in [0.5, 0.6) is 0 Å². The summed E-state index contributed by atoms with van der Waals surface area (Å²) in [6.45, 7) is 1.73. The number of hydrogen-bond donors (Lipinski definition) is 0. The lowest BCUT2D eigenvalue weighted by molar-refractivity contribution is 0.0470.